The zero-order chi connectivity index (χ0) is 12.9. The van der Waals surface area contributed by atoms with E-state index in [1.54, 1.807) is 6.92 Å². The fraction of sp³-hybridized carbons (Fsp3) is 1.00. The maximum atomic E-state index is 11.5. The normalized spacial score (nSPS) is 26.4. The molecule has 0 aromatic rings. The smallest absolute Gasteiger partial charge is 0.211 e. The van der Waals surface area contributed by atoms with E-state index in [0.717, 1.165) is 25.7 Å². The van der Waals surface area contributed by atoms with E-state index in [2.05, 4.69) is 18.6 Å². The van der Waals surface area contributed by atoms with Crippen LogP contribution in [-0.2, 0) is 14.8 Å². The van der Waals surface area contributed by atoms with Gasteiger partial charge in [-0.25, -0.2) is 13.1 Å². The molecule has 1 aliphatic heterocycles. The molecule has 0 amide bonds. The molecule has 0 unspecified atom stereocenters. The minimum absolute atomic E-state index is 0.0549. The number of sulfonamides is 1. The van der Waals surface area contributed by atoms with Crippen molar-refractivity contribution in [2.24, 2.45) is 5.92 Å². The molecular weight excluding hydrogens is 238 g/mol. The topological polar surface area (TPSA) is 55.4 Å². The first-order valence-corrected chi connectivity index (χ1v) is 8.29. The van der Waals surface area contributed by atoms with E-state index in [1.807, 2.05) is 0 Å². The third-order valence-electron chi connectivity index (χ3n) is 3.62. The fourth-order valence-electron chi connectivity index (χ4n) is 2.42. The molecule has 1 saturated heterocycles. The maximum absolute atomic E-state index is 11.5. The van der Waals surface area contributed by atoms with E-state index in [9.17, 15) is 8.42 Å². The Morgan fingerprint density at radius 1 is 1.29 bits per heavy atom. The Kier molecular flexibility index (Phi) is 5.89. The quantitative estimate of drug-likeness (QED) is 0.796. The van der Waals surface area contributed by atoms with Gasteiger partial charge in [0.25, 0.3) is 0 Å². The largest absolute Gasteiger partial charge is 0.378 e. The van der Waals surface area contributed by atoms with Crippen molar-refractivity contribution in [3.63, 3.8) is 0 Å². The molecule has 4 nitrogen and oxygen atoms in total. The average Bonchev–Trinajstić information content (AvgIpc) is 2.31. The molecule has 0 bridgehead atoms. The van der Waals surface area contributed by atoms with Gasteiger partial charge in [0.15, 0.2) is 0 Å². The average molecular weight is 263 g/mol. The van der Waals surface area contributed by atoms with Crippen molar-refractivity contribution >= 4 is 10.0 Å². The van der Waals surface area contributed by atoms with Crippen LogP contribution in [0.1, 0.15) is 46.5 Å². The number of hydrogen-bond donors (Lipinski definition) is 1. The van der Waals surface area contributed by atoms with Crippen molar-refractivity contribution in [2.75, 3.05) is 12.4 Å². The van der Waals surface area contributed by atoms with Gasteiger partial charge in [0.05, 0.1) is 11.9 Å². The maximum Gasteiger partial charge on any atom is 0.211 e. The van der Waals surface area contributed by atoms with Crippen LogP contribution in [0.4, 0.5) is 0 Å². The van der Waals surface area contributed by atoms with E-state index in [0.29, 0.717) is 12.5 Å². The summed E-state index contributed by atoms with van der Waals surface area (Å²) in [6.45, 7) is 6.66. The summed E-state index contributed by atoms with van der Waals surface area (Å²) < 4.78 is 31.6. The summed E-state index contributed by atoms with van der Waals surface area (Å²) in [5, 5.41) is 0. The lowest BCUT2D eigenvalue weighted by Crippen LogP contribution is -2.44. The van der Waals surface area contributed by atoms with Gasteiger partial charge >= 0.3 is 0 Å². The van der Waals surface area contributed by atoms with Crippen LogP contribution in [0.3, 0.4) is 0 Å². The molecule has 1 aliphatic rings. The first kappa shape index (κ1) is 14.9. The minimum Gasteiger partial charge on any atom is -0.378 e. The van der Waals surface area contributed by atoms with Gasteiger partial charge < -0.3 is 4.74 Å². The summed E-state index contributed by atoms with van der Waals surface area (Å²) in [6, 6.07) is 0.0549. The molecule has 1 heterocycles. The lowest BCUT2D eigenvalue weighted by molar-refractivity contribution is -0.0318. The zero-order valence-electron chi connectivity index (χ0n) is 11.1. The second-order valence-electron chi connectivity index (χ2n) is 4.73. The standard InChI is InChI=1S/C12H25NO3S/c1-4-10(5-2)12-9-11(7-8-16-12)13-17(14,15)6-3/h10-13H,4-9H2,1-3H3/t11-,12+/m1/s1. The Morgan fingerprint density at radius 2 is 1.94 bits per heavy atom. The third-order valence-corrected chi connectivity index (χ3v) is 5.07. The van der Waals surface area contributed by atoms with Gasteiger partial charge in [0, 0.05) is 12.6 Å². The van der Waals surface area contributed by atoms with Crippen LogP contribution < -0.4 is 4.72 Å². The molecule has 102 valence electrons. The number of hydrogen-bond acceptors (Lipinski definition) is 3. The highest BCUT2D eigenvalue weighted by Gasteiger charge is 2.29. The van der Waals surface area contributed by atoms with E-state index in [-0.39, 0.29) is 17.9 Å². The van der Waals surface area contributed by atoms with Crippen LogP contribution in [0, 0.1) is 5.92 Å². The van der Waals surface area contributed by atoms with Gasteiger partial charge in [0.1, 0.15) is 0 Å². The second kappa shape index (κ2) is 6.71. The molecule has 0 aromatic heterocycles. The highest BCUT2D eigenvalue weighted by molar-refractivity contribution is 7.89. The lowest BCUT2D eigenvalue weighted by Gasteiger charge is -2.34. The molecule has 1 rings (SSSR count). The monoisotopic (exact) mass is 263 g/mol. The molecule has 1 N–H and O–H groups in total. The molecule has 1 fully saturated rings. The third kappa shape index (κ3) is 4.56. The first-order valence-electron chi connectivity index (χ1n) is 6.64. The van der Waals surface area contributed by atoms with Crippen molar-refractivity contribution in [3.8, 4) is 0 Å². The lowest BCUT2D eigenvalue weighted by atomic mass is 9.89. The molecule has 5 heteroatoms. The number of nitrogens with one attached hydrogen (secondary N) is 1. The van der Waals surface area contributed by atoms with Crippen molar-refractivity contribution in [3.05, 3.63) is 0 Å². The molecular formula is C12H25NO3S. The summed E-state index contributed by atoms with van der Waals surface area (Å²) >= 11 is 0. The van der Waals surface area contributed by atoms with Crippen molar-refractivity contribution in [1.29, 1.82) is 0 Å². The Bertz CT molecular complexity index is 312. The molecule has 0 aromatic carbocycles. The molecule has 0 aliphatic carbocycles. The summed E-state index contributed by atoms with van der Waals surface area (Å²) in [5.41, 5.74) is 0. The Morgan fingerprint density at radius 3 is 2.47 bits per heavy atom. The van der Waals surface area contributed by atoms with Gasteiger partial charge in [-0.15, -0.1) is 0 Å². The Balaban J connectivity index is 2.54. The van der Waals surface area contributed by atoms with Crippen molar-refractivity contribution < 1.29 is 13.2 Å². The van der Waals surface area contributed by atoms with Gasteiger partial charge in [-0.3, -0.25) is 0 Å². The number of ether oxygens (including phenoxy) is 1. The van der Waals surface area contributed by atoms with Crippen LogP contribution in [-0.4, -0.2) is 32.9 Å². The Labute approximate surface area is 105 Å². The summed E-state index contributed by atoms with van der Waals surface area (Å²) in [6.07, 6.45) is 3.99. The van der Waals surface area contributed by atoms with Crippen LogP contribution in [0.15, 0.2) is 0 Å². The van der Waals surface area contributed by atoms with E-state index < -0.39 is 10.0 Å². The van der Waals surface area contributed by atoms with Crippen LogP contribution in [0.2, 0.25) is 0 Å². The molecule has 17 heavy (non-hydrogen) atoms. The van der Waals surface area contributed by atoms with Crippen LogP contribution >= 0.6 is 0 Å². The van der Waals surface area contributed by atoms with Gasteiger partial charge in [0.2, 0.25) is 10.0 Å². The van der Waals surface area contributed by atoms with Crippen molar-refractivity contribution in [1.82, 2.24) is 4.72 Å². The molecule has 0 radical (unpaired) electrons. The molecule has 0 spiro atoms. The van der Waals surface area contributed by atoms with E-state index in [1.165, 1.54) is 0 Å². The number of rotatable bonds is 6. The SMILES string of the molecule is CCC(CC)[C@@H]1C[C@H](NS(=O)(=O)CC)CCO1. The highest BCUT2D eigenvalue weighted by atomic mass is 32.2. The van der Waals surface area contributed by atoms with Crippen LogP contribution in [0.25, 0.3) is 0 Å². The summed E-state index contributed by atoms with van der Waals surface area (Å²) in [5.74, 6) is 0.698. The predicted octanol–water partition coefficient (Wildman–Crippen LogP) is 1.91. The van der Waals surface area contributed by atoms with E-state index >= 15 is 0 Å². The fourth-order valence-corrected chi connectivity index (χ4v) is 3.30. The van der Waals surface area contributed by atoms with Gasteiger partial charge in [-0.1, -0.05) is 26.7 Å². The second-order valence-corrected chi connectivity index (χ2v) is 6.77. The summed E-state index contributed by atoms with van der Waals surface area (Å²) in [7, 11) is -3.09. The predicted molar refractivity (Wildman–Crippen MR) is 69.4 cm³/mol. The van der Waals surface area contributed by atoms with Gasteiger partial charge in [-0.2, -0.15) is 0 Å². The first-order chi connectivity index (χ1) is 8.02. The molecule has 2 atom stereocenters. The minimum atomic E-state index is -3.09. The Hall–Kier alpha value is -0.130. The van der Waals surface area contributed by atoms with Crippen LogP contribution in [0.5, 0.6) is 0 Å². The zero-order valence-corrected chi connectivity index (χ0v) is 11.9. The van der Waals surface area contributed by atoms with Gasteiger partial charge in [-0.05, 0) is 25.7 Å². The molecule has 0 saturated carbocycles. The van der Waals surface area contributed by atoms with Crippen molar-refractivity contribution in [2.45, 2.75) is 58.6 Å². The summed E-state index contributed by atoms with van der Waals surface area (Å²) in [4.78, 5) is 0. The van der Waals surface area contributed by atoms with E-state index in [4.69, 9.17) is 4.74 Å². The highest BCUT2D eigenvalue weighted by Crippen LogP contribution is 2.25.